The third kappa shape index (κ3) is 3.89. The van der Waals surface area contributed by atoms with E-state index in [0.717, 1.165) is 25.2 Å². The summed E-state index contributed by atoms with van der Waals surface area (Å²) >= 11 is 0. The van der Waals surface area contributed by atoms with Gasteiger partial charge in [0.2, 0.25) is 0 Å². The molecule has 0 radical (unpaired) electrons. The molecule has 0 unspecified atom stereocenters. The van der Waals surface area contributed by atoms with Gasteiger partial charge in [-0.25, -0.2) is 4.79 Å². The highest BCUT2D eigenvalue weighted by Crippen LogP contribution is 2.17. The van der Waals surface area contributed by atoms with Gasteiger partial charge in [-0.3, -0.25) is 18.9 Å². The van der Waals surface area contributed by atoms with Gasteiger partial charge in [0, 0.05) is 44.5 Å². The van der Waals surface area contributed by atoms with Gasteiger partial charge in [0.15, 0.2) is 0 Å². The molecule has 0 spiro atoms. The predicted molar refractivity (Wildman–Crippen MR) is 90.2 cm³/mol. The Bertz CT molecular complexity index is 822. The van der Waals surface area contributed by atoms with Gasteiger partial charge in [0.25, 0.3) is 5.56 Å². The van der Waals surface area contributed by atoms with E-state index in [-0.39, 0.29) is 12.2 Å². The molecule has 9 heteroatoms. The largest absolute Gasteiger partial charge is 0.393 e. The summed E-state index contributed by atoms with van der Waals surface area (Å²) < 4.78 is 3.05. The van der Waals surface area contributed by atoms with Crippen molar-refractivity contribution in [2.45, 2.75) is 39.1 Å². The first-order valence-electron chi connectivity index (χ1n) is 8.36. The van der Waals surface area contributed by atoms with Gasteiger partial charge in [-0.05, 0) is 19.4 Å². The van der Waals surface area contributed by atoms with Crippen LogP contribution in [0.1, 0.15) is 29.6 Å². The number of aryl methyl sites for hydroxylation is 2. The highest BCUT2D eigenvalue weighted by atomic mass is 16.3. The van der Waals surface area contributed by atoms with E-state index in [4.69, 9.17) is 5.11 Å². The number of fused-ring (bicyclic) bond motifs is 1. The van der Waals surface area contributed by atoms with Crippen LogP contribution in [0.5, 0.6) is 0 Å². The zero-order chi connectivity index (χ0) is 18.0. The van der Waals surface area contributed by atoms with E-state index in [2.05, 4.69) is 15.0 Å². The summed E-state index contributed by atoms with van der Waals surface area (Å²) in [5, 5.41) is 23.1. The number of nitrogens with one attached hydrogen (secondary N) is 1. The van der Waals surface area contributed by atoms with Gasteiger partial charge >= 0.3 is 5.69 Å². The molecule has 0 amide bonds. The number of nitrogens with zero attached hydrogens (tertiary/aromatic N) is 4. The Morgan fingerprint density at radius 3 is 2.80 bits per heavy atom. The number of aliphatic hydroxyl groups is 2. The summed E-state index contributed by atoms with van der Waals surface area (Å²) in [5.74, 6) is 0. The van der Waals surface area contributed by atoms with Crippen LogP contribution in [0.4, 0.5) is 0 Å². The smallest absolute Gasteiger partial charge is 0.328 e. The summed E-state index contributed by atoms with van der Waals surface area (Å²) in [4.78, 5) is 28.7. The first kappa shape index (κ1) is 17.6. The maximum absolute atomic E-state index is 12.0. The molecule has 0 aromatic carbocycles. The molecule has 3 heterocycles. The Labute approximate surface area is 144 Å². The zero-order valence-electron chi connectivity index (χ0n) is 14.2. The van der Waals surface area contributed by atoms with E-state index in [1.807, 2.05) is 4.68 Å². The number of aromatic nitrogens is 4. The molecule has 2 aromatic rings. The lowest BCUT2D eigenvalue weighted by atomic mass is 10.2. The van der Waals surface area contributed by atoms with Crippen LogP contribution in [0, 0.1) is 6.92 Å². The minimum absolute atomic E-state index is 0.297. The molecule has 25 heavy (non-hydrogen) atoms. The van der Waals surface area contributed by atoms with E-state index in [1.54, 1.807) is 13.0 Å². The van der Waals surface area contributed by atoms with Crippen molar-refractivity contribution >= 4 is 0 Å². The summed E-state index contributed by atoms with van der Waals surface area (Å²) in [7, 11) is 0. The SMILES string of the molecule is Cc1cc(=O)n(CCN2CCCn3nc([C@@H](O)CO)cc3C2)c(=O)[nH]1. The van der Waals surface area contributed by atoms with E-state index in [9.17, 15) is 14.7 Å². The summed E-state index contributed by atoms with van der Waals surface area (Å²) in [6, 6.07) is 3.21. The molecule has 3 N–H and O–H groups in total. The Kier molecular flexibility index (Phi) is 5.16. The molecular formula is C16H23N5O4. The quantitative estimate of drug-likeness (QED) is 0.636. The third-order valence-corrected chi connectivity index (χ3v) is 4.42. The monoisotopic (exact) mass is 349 g/mol. The van der Waals surface area contributed by atoms with Crippen LogP contribution in [0.3, 0.4) is 0 Å². The maximum Gasteiger partial charge on any atom is 0.328 e. The minimum Gasteiger partial charge on any atom is -0.393 e. The van der Waals surface area contributed by atoms with Crippen LogP contribution >= 0.6 is 0 Å². The minimum atomic E-state index is -0.974. The molecule has 9 nitrogen and oxygen atoms in total. The lowest BCUT2D eigenvalue weighted by Gasteiger charge is -2.19. The summed E-state index contributed by atoms with van der Waals surface area (Å²) in [5.41, 5.74) is 1.28. The van der Waals surface area contributed by atoms with Gasteiger partial charge in [0.05, 0.1) is 18.0 Å². The van der Waals surface area contributed by atoms with E-state index in [1.165, 1.54) is 10.6 Å². The van der Waals surface area contributed by atoms with E-state index < -0.39 is 11.8 Å². The molecule has 136 valence electrons. The fourth-order valence-corrected chi connectivity index (χ4v) is 3.09. The Balaban J connectivity index is 1.71. The molecule has 0 saturated heterocycles. The number of hydrogen-bond donors (Lipinski definition) is 3. The van der Waals surface area contributed by atoms with Crippen molar-refractivity contribution in [1.82, 2.24) is 24.2 Å². The molecule has 1 aliphatic heterocycles. The number of hydrogen-bond acceptors (Lipinski definition) is 6. The van der Waals surface area contributed by atoms with Crippen LogP contribution in [0.2, 0.25) is 0 Å². The summed E-state index contributed by atoms with van der Waals surface area (Å²) in [6.45, 7) is 4.38. The molecular weight excluding hydrogens is 326 g/mol. The first-order valence-corrected chi connectivity index (χ1v) is 8.36. The van der Waals surface area contributed by atoms with E-state index in [0.29, 0.717) is 31.0 Å². The van der Waals surface area contributed by atoms with Gasteiger partial charge in [-0.2, -0.15) is 5.10 Å². The Hall–Kier alpha value is -2.23. The maximum atomic E-state index is 12.0. The topological polar surface area (TPSA) is 116 Å². The second kappa shape index (κ2) is 7.34. The highest BCUT2D eigenvalue weighted by Gasteiger charge is 2.19. The van der Waals surface area contributed by atoms with Crippen molar-refractivity contribution in [2.75, 3.05) is 19.7 Å². The summed E-state index contributed by atoms with van der Waals surface area (Å²) in [6.07, 6.45) is -0.0970. The third-order valence-electron chi connectivity index (χ3n) is 4.42. The number of aliphatic hydroxyl groups excluding tert-OH is 2. The van der Waals surface area contributed by atoms with Gasteiger partial charge in [-0.15, -0.1) is 0 Å². The van der Waals surface area contributed by atoms with Crippen molar-refractivity contribution in [3.05, 3.63) is 50.1 Å². The molecule has 3 rings (SSSR count). The number of rotatable bonds is 5. The standard InChI is InChI=1S/C16H23N5O4/c1-11-7-15(24)20(16(25)17-11)6-5-19-3-2-4-21-12(9-19)8-13(18-21)14(23)10-22/h7-8,14,22-23H,2-6,9-10H2,1H3,(H,17,25)/t14-/m0/s1. The van der Waals surface area contributed by atoms with Crippen LogP contribution in [-0.4, -0.2) is 54.1 Å². The number of H-pyrrole nitrogens is 1. The second-order valence-electron chi connectivity index (χ2n) is 6.36. The van der Waals surface area contributed by atoms with Crippen molar-refractivity contribution in [1.29, 1.82) is 0 Å². The lowest BCUT2D eigenvalue weighted by molar-refractivity contribution is 0.0916. The lowest BCUT2D eigenvalue weighted by Crippen LogP contribution is -2.39. The molecule has 0 saturated carbocycles. The van der Waals surface area contributed by atoms with Gasteiger partial charge in [0.1, 0.15) is 6.10 Å². The molecule has 1 atom stereocenters. The molecule has 0 fully saturated rings. The average molecular weight is 349 g/mol. The van der Waals surface area contributed by atoms with Crippen LogP contribution in [0.25, 0.3) is 0 Å². The van der Waals surface area contributed by atoms with Crippen LogP contribution < -0.4 is 11.2 Å². The Morgan fingerprint density at radius 1 is 1.28 bits per heavy atom. The van der Waals surface area contributed by atoms with Crippen molar-refractivity contribution in [3.63, 3.8) is 0 Å². The molecule has 1 aliphatic rings. The van der Waals surface area contributed by atoms with Crippen LogP contribution in [0.15, 0.2) is 21.7 Å². The average Bonchev–Trinajstić information content (AvgIpc) is 2.86. The molecule has 0 aliphatic carbocycles. The van der Waals surface area contributed by atoms with Crippen molar-refractivity contribution in [2.24, 2.45) is 0 Å². The van der Waals surface area contributed by atoms with E-state index >= 15 is 0 Å². The first-order chi connectivity index (χ1) is 12.0. The molecule has 0 bridgehead atoms. The van der Waals surface area contributed by atoms with Gasteiger partial charge < -0.3 is 15.2 Å². The zero-order valence-corrected chi connectivity index (χ0v) is 14.2. The van der Waals surface area contributed by atoms with Crippen molar-refractivity contribution < 1.29 is 10.2 Å². The molecule has 2 aromatic heterocycles. The van der Waals surface area contributed by atoms with Crippen molar-refractivity contribution in [3.8, 4) is 0 Å². The normalized spacial score (nSPS) is 16.4. The fourth-order valence-electron chi connectivity index (χ4n) is 3.09. The fraction of sp³-hybridized carbons (Fsp3) is 0.562. The second-order valence-corrected chi connectivity index (χ2v) is 6.36. The predicted octanol–water partition coefficient (Wildman–Crippen LogP) is -1.03. The highest BCUT2D eigenvalue weighted by molar-refractivity contribution is 5.13. The Morgan fingerprint density at radius 2 is 2.08 bits per heavy atom. The number of aromatic amines is 1. The van der Waals surface area contributed by atoms with Gasteiger partial charge in [-0.1, -0.05) is 0 Å². The van der Waals surface area contributed by atoms with Crippen LogP contribution in [-0.2, 0) is 19.6 Å².